The van der Waals surface area contributed by atoms with Gasteiger partial charge in [0.1, 0.15) is 0 Å². The monoisotopic (exact) mass is 199 g/mol. The second-order valence-corrected chi connectivity index (χ2v) is 2.89. The summed E-state index contributed by atoms with van der Waals surface area (Å²) in [7, 11) is 0. The number of aromatic nitrogens is 1. The molecule has 1 heterocycles. The molecule has 1 nitrogen and oxygen atoms in total. The first kappa shape index (κ1) is 7.73. The third-order valence-electron chi connectivity index (χ3n) is 1.48. The number of halogens is 1. The van der Waals surface area contributed by atoms with Crippen molar-refractivity contribution < 1.29 is 0 Å². The molecule has 0 N–H and O–H groups in total. The number of alkyl halides is 1. The first-order chi connectivity index (χ1) is 4.74. The average molecular weight is 200 g/mol. The van der Waals surface area contributed by atoms with E-state index in [1.54, 1.807) is 0 Å². The summed E-state index contributed by atoms with van der Waals surface area (Å²) in [5, 5.41) is 0.895. The lowest BCUT2D eigenvalue weighted by atomic mass is 10.2. The van der Waals surface area contributed by atoms with E-state index < -0.39 is 0 Å². The van der Waals surface area contributed by atoms with Crippen molar-refractivity contribution in [1.29, 1.82) is 0 Å². The minimum atomic E-state index is 0.895. The van der Waals surface area contributed by atoms with Gasteiger partial charge in [0.25, 0.3) is 0 Å². The van der Waals surface area contributed by atoms with Gasteiger partial charge in [-0.15, -0.1) is 0 Å². The van der Waals surface area contributed by atoms with Crippen molar-refractivity contribution in [2.75, 3.05) is 0 Å². The molecule has 0 fully saturated rings. The zero-order valence-electron chi connectivity index (χ0n) is 6.19. The molecule has 0 saturated carbocycles. The van der Waals surface area contributed by atoms with Gasteiger partial charge in [-0.05, 0) is 25.5 Å². The summed E-state index contributed by atoms with van der Waals surface area (Å²) in [5.74, 6) is 0. The van der Waals surface area contributed by atoms with E-state index in [1.807, 2.05) is 19.9 Å². The second-order valence-electron chi connectivity index (χ2n) is 2.33. The van der Waals surface area contributed by atoms with Crippen molar-refractivity contribution in [3.63, 3.8) is 0 Å². The maximum Gasteiger partial charge on any atom is 0.0416 e. The van der Waals surface area contributed by atoms with E-state index in [2.05, 4.69) is 27.0 Å². The molecule has 1 rings (SSSR count). The van der Waals surface area contributed by atoms with Gasteiger partial charge in [0.15, 0.2) is 0 Å². The van der Waals surface area contributed by atoms with Crippen molar-refractivity contribution in [3.05, 3.63) is 29.1 Å². The van der Waals surface area contributed by atoms with Crippen molar-refractivity contribution in [3.8, 4) is 0 Å². The lowest BCUT2D eigenvalue weighted by Crippen LogP contribution is -1.90. The Morgan fingerprint density at radius 2 is 2.10 bits per heavy atom. The molecule has 0 saturated heterocycles. The van der Waals surface area contributed by atoms with E-state index in [0.29, 0.717) is 0 Å². The highest BCUT2D eigenvalue weighted by atomic mass is 79.9. The summed E-state index contributed by atoms with van der Waals surface area (Å²) in [6, 6.07) is 4.13. The normalized spacial score (nSPS) is 9.90. The summed E-state index contributed by atoms with van der Waals surface area (Å²) in [5.41, 5.74) is 3.48. The molecule has 2 heteroatoms. The van der Waals surface area contributed by atoms with E-state index in [9.17, 15) is 0 Å². The van der Waals surface area contributed by atoms with Gasteiger partial charge in [-0.3, -0.25) is 4.98 Å². The zero-order chi connectivity index (χ0) is 7.56. The first-order valence-corrected chi connectivity index (χ1v) is 4.35. The van der Waals surface area contributed by atoms with Gasteiger partial charge in [-0.2, -0.15) is 0 Å². The van der Waals surface area contributed by atoms with Crippen molar-refractivity contribution in [2.45, 2.75) is 19.2 Å². The minimum absolute atomic E-state index is 0.895. The van der Waals surface area contributed by atoms with Crippen molar-refractivity contribution >= 4 is 15.9 Å². The van der Waals surface area contributed by atoms with E-state index in [1.165, 1.54) is 5.56 Å². The standard InChI is InChI=1S/C8H10BrN/c1-6-3-4-8(5-9)7(2)10-6/h3-4H,5H2,1-2H3. The number of hydrogen-bond acceptors (Lipinski definition) is 1. The third-order valence-corrected chi connectivity index (χ3v) is 2.08. The largest absolute Gasteiger partial charge is 0.258 e. The molecular weight excluding hydrogens is 190 g/mol. The topological polar surface area (TPSA) is 12.9 Å². The van der Waals surface area contributed by atoms with E-state index in [4.69, 9.17) is 0 Å². The van der Waals surface area contributed by atoms with Crippen LogP contribution in [0.25, 0.3) is 0 Å². The van der Waals surface area contributed by atoms with E-state index >= 15 is 0 Å². The zero-order valence-corrected chi connectivity index (χ0v) is 7.77. The minimum Gasteiger partial charge on any atom is -0.258 e. The van der Waals surface area contributed by atoms with Crippen LogP contribution in [0.1, 0.15) is 17.0 Å². The van der Waals surface area contributed by atoms with Crippen LogP contribution < -0.4 is 0 Å². The fraction of sp³-hybridized carbons (Fsp3) is 0.375. The van der Waals surface area contributed by atoms with Crippen LogP contribution in [0.15, 0.2) is 12.1 Å². The molecule has 0 atom stereocenters. The van der Waals surface area contributed by atoms with Gasteiger partial charge in [0.2, 0.25) is 0 Å². The fourth-order valence-electron chi connectivity index (χ4n) is 0.857. The average Bonchev–Trinajstić information content (AvgIpc) is 1.88. The van der Waals surface area contributed by atoms with Gasteiger partial charge in [0, 0.05) is 16.7 Å². The summed E-state index contributed by atoms with van der Waals surface area (Å²) in [6.45, 7) is 4.04. The summed E-state index contributed by atoms with van der Waals surface area (Å²) >= 11 is 3.39. The Hall–Kier alpha value is -0.370. The van der Waals surface area contributed by atoms with Gasteiger partial charge in [-0.25, -0.2) is 0 Å². The number of aryl methyl sites for hydroxylation is 2. The number of pyridine rings is 1. The third kappa shape index (κ3) is 1.57. The Bertz CT molecular complexity index is 233. The van der Waals surface area contributed by atoms with Crippen LogP contribution in [-0.4, -0.2) is 4.98 Å². The number of rotatable bonds is 1. The number of nitrogens with zero attached hydrogens (tertiary/aromatic N) is 1. The second kappa shape index (κ2) is 3.15. The highest BCUT2D eigenvalue weighted by Crippen LogP contribution is 2.09. The summed E-state index contributed by atoms with van der Waals surface area (Å²) < 4.78 is 0. The fourth-order valence-corrected chi connectivity index (χ4v) is 1.45. The van der Waals surface area contributed by atoms with Gasteiger partial charge in [0.05, 0.1) is 0 Å². The summed E-state index contributed by atoms with van der Waals surface area (Å²) in [6.07, 6.45) is 0. The van der Waals surface area contributed by atoms with Crippen molar-refractivity contribution in [1.82, 2.24) is 4.98 Å². The molecule has 0 amide bonds. The molecular formula is C8H10BrN. The van der Waals surface area contributed by atoms with Crippen LogP contribution in [0.4, 0.5) is 0 Å². The van der Waals surface area contributed by atoms with Gasteiger partial charge >= 0.3 is 0 Å². The van der Waals surface area contributed by atoms with Gasteiger partial charge < -0.3 is 0 Å². The predicted octanol–water partition coefficient (Wildman–Crippen LogP) is 2.59. The Balaban J connectivity index is 3.07. The Kier molecular flexibility index (Phi) is 2.44. The molecule has 0 aromatic carbocycles. The summed E-state index contributed by atoms with van der Waals surface area (Å²) in [4.78, 5) is 4.31. The quantitative estimate of drug-likeness (QED) is 0.635. The molecule has 1 aromatic heterocycles. The highest BCUT2D eigenvalue weighted by molar-refractivity contribution is 9.08. The molecule has 0 spiro atoms. The van der Waals surface area contributed by atoms with Crippen LogP contribution in [0.2, 0.25) is 0 Å². The molecule has 54 valence electrons. The molecule has 0 radical (unpaired) electrons. The van der Waals surface area contributed by atoms with Crippen molar-refractivity contribution in [2.24, 2.45) is 0 Å². The molecule has 0 unspecified atom stereocenters. The molecule has 0 bridgehead atoms. The maximum atomic E-state index is 4.31. The lowest BCUT2D eigenvalue weighted by Gasteiger charge is -2.00. The van der Waals surface area contributed by atoms with E-state index in [-0.39, 0.29) is 0 Å². The van der Waals surface area contributed by atoms with Crippen LogP contribution in [0.5, 0.6) is 0 Å². The maximum absolute atomic E-state index is 4.31. The van der Waals surface area contributed by atoms with E-state index in [0.717, 1.165) is 16.7 Å². The molecule has 0 aliphatic rings. The number of hydrogen-bond donors (Lipinski definition) is 0. The Labute approximate surface area is 69.6 Å². The highest BCUT2D eigenvalue weighted by Gasteiger charge is 1.95. The van der Waals surface area contributed by atoms with Crippen LogP contribution in [0.3, 0.4) is 0 Å². The van der Waals surface area contributed by atoms with Gasteiger partial charge in [-0.1, -0.05) is 22.0 Å². The lowest BCUT2D eigenvalue weighted by molar-refractivity contribution is 1.08. The smallest absolute Gasteiger partial charge is 0.0416 e. The van der Waals surface area contributed by atoms with Crippen LogP contribution in [-0.2, 0) is 5.33 Å². The molecule has 0 aliphatic carbocycles. The molecule has 0 aliphatic heterocycles. The Morgan fingerprint density at radius 1 is 1.40 bits per heavy atom. The molecule has 10 heavy (non-hydrogen) atoms. The first-order valence-electron chi connectivity index (χ1n) is 3.23. The Morgan fingerprint density at radius 3 is 2.60 bits per heavy atom. The van der Waals surface area contributed by atoms with Crippen LogP contribution >= 0.6 is 15.9 Å². The molecule has 1 aromatic rings. The predicted molar refractivity (Wildman–Crippen MR) is 46.3 cm³/mol. The SMILES string of the molecule is Cc1ccc(CBr)c(C)n1. The van der Waals surface area contributed by atoms with Crippen LogP contribution in [0, 0.1) is 13.8 Å².